The van der Waals surface area contributed by atoms with Gasteiger partial charge in [-0.25, -0.2) is 18.1 Å². The van der Waals surface area contributed by atoms with Crippen LogP contribution in [-0.2, 0) is 15.0 Å². The third kappa shape index (κ3) is 3.53. The molecule has 1 aromatic heterocycles. The smallest absolute Gasteiger partial charge is 0.257 e. The fourth-order valence-corrected chi connectivity index (χ4v) is 4.10. The molecular formula is C20H19FN2O6S. The van der Waals surface area contributed by atoms with Crippen molar-refractivity contribution in [2.24, 2.45) is 0 Å². The molecule has 3 aromatic rings. The van der Waals surface area contributed by atoms with E-state index in [0.29, 0.717) is 21.0 Å². The normalized spacial score (nSPS) is 14.1. The molecule has 0 saturated heterocycles. The second-order valence-electron chi connectivity index (χ2n) is 7.15. The van der Waals surface area contributed by atoms with Crippen LogP contribution < -0.4 is 9.79 Å². The minimum absolute atomic E-state index is 0.0607. The molecule has 1 aliphatic rings. The first-order valence-corrected chi connectivity index (χ1v) is 11.0. The van der Waals surface area contributed by atoms with Gasteiger partial charge in [-0.3, -0.25) is 4.79 Å². The largest absolute Gasteiger partial charge is 0.455 e. The van der Waals surface area contributed by atoms with Crippen molar-refractivity contribution in [1.82, 2.24) is 5.32 Å². The lowest BCUT2D eigenvalue weighted by Gasteiger charge is -2.20. The maximum Gasteiger partial charge on any atom is 0.257 e. The average Bonchev–Trinajstić information content (AvgIpc) is 3.47. The van der Waals surface area contributed by atoms with E-state index in [0.717, 1.165) is 19.1 Å². The van der Waals surface area contributed by atoms with Crippen LogP contribution in [-0.4, -0.2) is 32.9 Å². The van der Waals surface area contributed by atoms with Gasteiger partial charge in [-0.2, -0.15) is 0 Å². The number of nitrogens with zero attached hydrogens (tertiary/aromatic N) is 1. The number of sulfonamides is 1. The number of carbonyl (C=O) groups excluding carboxylic acids is 1. The molecule has 1 saturated carbocycles. The van der Waals surface area contributed by atoms with E-state index in [-0.39, 0.29) is 28.5 Å². The number of hydrogen-bond donors (Lipinski definition) is 2. The topological polar surface area (TPSA) is 109 Å². The molecule has 0 radical (unpaired) electrons. The zero-order valence-electron chi connectivity index (χ0n) is 16.2. The van der Waals surface area contributed by atoms with Crippen LogP contribution in [0.15, 0.2) is 40.8 Å². The molecule has 10 heteroatoms. The molecule has 0 aliphatic heterocycles. The van der Waals surface area contributed by atoms with Crippen LogP contribution in [0.1, 0.15) is 34.7 Å². The van der Waals surface area contributed by atoms with Crippen LogP contribution in [0.3, 0.4) is 0 Å². The molecule has 8 nitrogen and oxygen atoms in total. The van der Waals surface area contributed by atoms with Crippen molar-refractivity contribution in [2.75, 3.05) is 17.8 Å². The lowest BCUT2D eigenvalue weighted by Crippen LogP contribution is -2.29. The number of anilines is 1. The number of furan rings is 1. The van der Waals surface area contributed by atoms with Crippen LogP contribution in [0.5, 0.6) is 0 Å². The van der Waals surface area contributed by atoms with Gasteiger partial charge < -0.3 is 9.73 Å². The summed E-state index contributed by atoms with van der Waals surface area (Å²) in [5.41, 5.74) is 1.68. The summed E-state index contributed by atoms with van der Waals surface area (Å²) in [6.07, 6.45) is 2.56. The minimum Gasteiger partial charge on any atom is -0.455 e. The standard InChI is InChI=1S/C20H19FN2O6S/c1-22-20(24)18-15-9-14(11-3-4-11)16(23(29-25)30(2,26)27)10-17(15)28-19(18)12-5-7-13(21)8-6-12/h5-11,25H,3-4H2,1-2H3,(H,22,24). The number of halogens is 1. The third-order valence-electron chi connectivity index (χ3n) is 4.99. The molecule has 1 fully saturated rings. The Morgan fingerprint density at radius 3 is 2.47 bits per heavy atom. The highest BCUT2D eigenvalue weighted by Gasteiger charge is 2.33. The van der Waals surface area contributed by atoms with Gasteiger partial charge in [-0.05, 0) is 54.7 Å². The van der Waals surface area contributed by atoms with Crippen molar-refractivity contribution in [3.63, 3.8) is 0 Å². The summed E-state index contributed by atoms with van der Waals surface area (Å²) >= 11 is 0. The summed E-state index contributed by atoms with van der Waals surface area (Å²) in [6.45, 7) is 0. The molecule has 0 atom stereocenters. The number of fused-ring (bicyclic) bond motifs is 1. The highest BCUT2D eigenvalue weighted by atomic mass is 32.2. The van der Waals surface area contributed by atoms with Crippen molar-refractivity contribution in [1.29, 1.82) is 0 Å². The summed E-state index contributed by atoms with van der Waals surface area (Å²) in [4.78, 5) is 16.8. The van der Waals surface area contributed by atoms with E-state index in [1.165, 1.54) is 37.4 Å². The Bertz CT molecular complexity index is 1230. The van der Waals surface area contributed by atoms with E-state index in [2.05, 4.69) is 10.3 Å². The number of nitrogens with one attached hydrogen (secondary N) is 1. The number of benzene rings is 2. The van der Waals surface area contributed by atoms with Crippen molar-refractivity contribution >= 4 is 32.6 Å². The molecule has 0 spiro atoms. The first-order valence-electron chi connectivity index (χ1n) is 9.15. The number of rotatable bonds is 6. The predicted molar refractivity (Wildman–Crippen MR) is 108 cm³/mol. The fraction of sp³-hybridized carbons (Fsp3) is 0.250. The maximum atomic E-state index is 13.4. The first-order chi connectivity index (χ1) is 14.2. The van der Waals surface area contributed by atoms with Crippen LogP contribution in [0.4, 0.5) is 10.1 Å². The number of amides is 1. The van der Waals surface area contributed by atoms with Gasteiger partial charge in [-0.15, -0.1) is 4.47 Å². The molecule has 0 bridgehead atoms. The molecule has 1 amide bonds. The minimum atomic E-state index is -3.95. The molecule has 0 unspecified atom stereocenters. The predicted octanol–water partition coefficient (Wildman–Crippen LogP) is 3.65. The van der Waals surface area contributed by atoms with Crippen LogP contribution in [0.2, 0.25) is 0 Å². The van der Waals surface area contributed by atoms with Crippen LogP contribution in [0.25, 0.3) is 22.3 Å². The van der Waals surface area contributed by atoms with Gasteiger partial charge in [0.05, 0.1) is 17.5 Å². The van der Waals surface area contributed by atoms with Gasteiger partial charge in [0.25, 0.3) is 15.9 Å². The summed E-state index contributed by atoms with van der Waals surface area (Å²) in [7, 11) is -2.46. The summed E-state index contributed by atoms with van der Waals surface area (Å²) in [6, 6.07) is 8.58. The molecule has 2 aromatic carbocycles. The Balaban J connectivity index is 2.01. The quantitative estimate of drug-likeness (QED) is 0.453. The summed E-state index contributed by atoms with van der Waals surface area (Å²) in [5.74, 6) is -0.552. The van der Waals surface area contributed by atoms with Crippen molar-refractivity contribution in [3.05, 3.63) is 53.3 Å². The first kappa shape index (κ1) is 20.3. The van der Waals surface area contributed by atoms with Gasteiger partial charge in [-0.1, -0.05) is 4.99 Å². The monoisotopic (exact) mass is 434 g/mol. The molecule has 1 aliphatic carbocycles. The zero-order valence-corrected chi connectivity index (χ0v) is 17.0. The van der Waals surface area contributed by atoms with E-state index in [9.17, 15) is 22.9 Å². The third-order valence-corrected chi connectivity index (χ3v) is 5.85. The van der Waals surface area contributed by atoms with Gasteiger partial charge in [0, 0.05) is 24.1 Å². The molecule has 158 valence electrons. The van der Waals surface area contributed by atoms with Gasteiger partial charge in [0.2, 0.25) is 0 Å². The van der Waals surface area contributed by atoms with Crippen LogP contribution >= 0.6 is 0 Å². The second-order valence-corrected chi connectivity index (χ2v) is 8.94. The van der Waals surface area contributed by atoms with E-state index in [4.69, 9.17) is 4.42 Å². The van der Waals surface area contributed by atoms with E-state index in [1.807, 2.05) is 0 Å². The Labute approximate surface area is 171 Å². The van der Waals surface area contributed by atoms with Gasteiger partial charge >= 0.3 is 0 Å². The molecule has 30 heavy (non-hydrogen) atoms. The second kappa shape index (κ2) is 7.38. The summed E-state index contributed by atoms with van der Waals surface area (Å²) in [5, 5.41) is 12.3. The Hall–Kier alpha value is -2.95. The molecule has 4 rings (SSSR count). The van der Waals surface area contributed by atoms with E-state index < -0.39 is 21.7 Å². The zero-order chi connectivity index (χ0) is 21.6. The molecular weight excluding hydrogens is 415 g/mol. The Morgan fingerprint density at radius 2 is 1.93 bits per heavy atom. The van der Waals surface area contributed by atoms with Crippen LogP contribution in [0, 0.1) is 5.82 Å². The SMILES string of the molecule is CNC(=O)c1c(-c2ccc(F)cc2)oc2cc(N(OO)S(C)(=O)=O)c(C3CC3)cc12. The number of carbonyl (C=O) groups is 1. The van der Waals surface area contributed by atoms with Gasteiger partial charge in [0.1, 0.15) is 17.2 Å². The van der Waals surface area contributed by atoms with E-state index >= 15 is 0 Å². The lowest BCUT2D eigenvalue weighted by atomic mass is 10.0. The maximum absolute atomic E-state index is 13.4. The van der Waals surface area contributed by atoms with Crippen molar-refractivity contribution < 1.29 is 32.3 Å². The fourth-order valence-electron chi connectivity index (χ4n) is 3.47. The Kier molecular flexibility index (Phi) is 5.00. The van der Waals surface area contributed by atoms with E-state index in [1.54, 1.807) is 6.07 Å². The summed E-state index contributed by atoms with van der Waals surface area (Å²) < 4.78 is 43.9. The molecule has 1 heterocycles. The van der Waals surface area contributed by atoms with Gasteiger partial charge in [0.15, 0.2) is 0 Å². The van der Waals surface area contributed by atoms with Crippen molar-refractivity contribution in [2.45, 2.75) is 18.8 Å². The Morgan fingerprint density at radius 1 is 1.27 bits per heavy atom. The van der Waals surface area contributed by atoms with Crippen molar-refractivity contribution in [3.8, 4) is 11.3 Å². The lowest BCUT2D eigenvalue weighted by molar-refractivity contribution is -0.236. The highest BCUT2D eigenvalue weighted by molar-refractivity contribution is 7.91. The highest BCUT2D eigenvalue weighted by Crippen LogP contribution is 2.48. The average molecular weight is 434 g/mol. The molecule has 2 N–H and O–H groups in total. The number of hydrogen-bond acceptors (Lipinski definition) is 6.